The number of rotatable bonds is 3. The zero-order chi connectivity index (χ0) is 14.2. The molecule has 1 aromatic carbocycles. The lowest BCUT2D eigenvalue weighted by Crippen LogP contribution is -2.20. The van der Waals surface area contributed by atoms with Crippen LogP contribution in [0, 0.1) is 19.3 Å². The Labute approximate surface area is 113 Å². The molecule has 1 aromatic heterocycles. The van der Waals surface area contributed by atoms with Crippen LogP contribution in [0.4, 0.5) is 11.5 Å². The van der Waals surface area contributed by atoms with E-state index in [2.05, 4.69) is 18.1 Å². The van der Waals surface area contributed by atoms with E-state index in [1.54, 1.807) is 4.68 Å². The highest BCUT2D eigenvalue weighted by Crippen LogP contribution is 2.30. The number of hydrogen-bond acceptors (Lipinski definition) is 3. The molecule has 0 aliphatic heterocycles. The minimum absolute atomic E-state index is 0.0426. The summed E-state index contributed by atoms with van der Waals surface area (Å²) in [6.07, 6.45) is 0. The maximum atomic E-state index is 7.74. The van der Waals surface area contributed by atoms with Crippen LogP contribution in [0.25, 0.3) is 0 Å². The minimum Gasteiger partial charge on any atom is -0.384 e. The number of nitrogen functional groups attached to an aromatic ring is 1. The first kappa shape index (κ1) is 13.1. The Kier molecular flexibility index (Phi) is 3.29. The van der Waals surface area contributed by atoms with Crippen LogP contribution in [0.5, 0.6) is 0 Å². The molecule has 100 valence electrons. The molecule has 2 rings (SSSR count). The van der Waals surface area contributed by atoms with Gasteiger partial charge in [-0.15, -0.1) is 0 Å². The summed E-state index contributed by atoms with van der Waals surface area (Å²) in [6, 6.07) is 8.10. The van der Waals surface area contributed by atoms with E-state index in [1.807, 2.05) is 44.1 Å². The Hall–Kier alpha value is -2.30. The molecule has 0 radical (unpaired) electrons. The van der Waals surface area contributed by atoms with Gasteiger partial charge in [-0.1, -0.05) is 18.2 Å². The normalized spacial score (nSPS) is 10.5. The molecule has 3 N–H and O–H groups in total. The van der Waals surface area contributed by atoms with Gasteiger partial charge in [0.2, 0.25) is 0 Å². The molecule has 0 saturated heterocycles. The Bertz CT molecular complexity index is 627. The van der Waals surface area contributed by atoms with Crippen molar-refractivity contribution >= 4 is 17.3 Å². The molecule has 0 saturated carbocycles. The third-order valence-corrected chi connectivity index (χ3v) is 3.26. The first-order chi connectivity index (χ1) is 8.93. The standard InChI is InChI=1S/C14H19N5/c1-9-7-5-6-8-11(9)18(3)14-12(13(15)16)10(2)17-19(14)4/h5-8H,1-4H3,(H3,15,16). The van der Waals surface area contributed by atoms with Gasteiger partial charge in [0.05, 0.1) is 11.3 Å². The van der Waals surface area contributed by atoms with Gasteiger partial charge >= 0.3 is 0 Å². The first-order valence-electron chi connectivity index (χ1n) is 6.10. The monoisotopic (exact) mass is 257 g/mol. The lowest BCUT2D eigenvalue weighted by molar-refractivity contribution is 0.750. The van der Waals surface area contributed by atoms with Gasteiger partial charge in [-0.3, -0.25) is 10.1 Å². The Morgan fingerprint density at radius 2 is 1.95 bits per heavy atom. The molecule has 0 aliphatic carbocycles. The van der Waals surface area contributed by atoms with Gasteiger partial charge in [0, 0.05) is 19.8 Å². The van der Waals surface area contributed by atoms with Crippen molar-refractivity contribution in [3.05, 3.63) is 41.1 Å². The van der Waals surface area contributed by atoms with Crippen molar-refractivity contribution in [1.82, 2.24) is 9.78 Å². The second-order valence-corrected chi connectivity index (χ2v) is 4.67. The molecule has 0 spiro atoms. The van der Waals surface area contributed by atoms with Crippen molar-refractivity contribution in [2.24, 2.45) is 12.8 Å². The van der Waals surface area contributed by atoms with Crippen LogP contribution < -0.4 is 10.6 Å². The number of anilines is 2. The van der Waals surface area contributed by atoms with Gasteiger partial charge in [0.25, 0.3) is 0 Å². The van der Waals surface area contributed by atoms with E-state index in [9.17, 15) is 0 Å². The van der Waals surface area contributed by atoms with E-state index < -0.39 is 0 Å². The fraction of sp³-hybridized carbons (Fsp3) is 0.286. The van der Waals surface area contributed by atoms with Crippen LogP contribution in [-0.2, 0) is 7.05 Å². The smallest absolute Gasteiger partial charge is 0.142 e. The molecular weight excluding hydrogens is 238 g/mol. The number of nitrogens with one attached hydrogen (secondary N) is 1. The maximum Gasteiger partial charge on any atom is 0.142 e. The number of benzene rings is 1. The largest absolute Gasteiger partial charge is 0.384 e. The summed E-state index contributed by atoms with van der Waals surface area (Å²) in [5, 5.41) is 12.1. The van der Waals surface area contributed by atoms with Crippen LogP contribution in [-0.4, -0.2) is 22.7 Å². The quantitative estimate of drug-likeness (QED) is 0.653. The predicted octanol–water partition coefficient (Wildman–Crippen LogP) is 2.09. The zero-order valence-electron chi connectivity index (χ0n) is 11.7. The van der Waals surface area contributed by atoms with Gasteiger partial charge < -0.3 is 10.6 Å². The Morgan fingerprint density at radius 3 is 2.53 bits per heavy atom. The van der Waals surface area contributed by atoms with Crippen molar-refractivity contribution in [3.63, 3.8) is 0 Å². The van der Waals surface area contributed by atoms with E-state index in [1.165, 1.54) is 5.56 Å². The molecule has 0 bridgehead atoms. The fourth-order valence-corrected chi connectivity index (χ4v) is 2.40. The van der Waals surface area contributed by atoms with Crippen molar-refractivity contribution < 1.29 is 0 Å². The van der Waals surface area contributed by atoms with Gasteiger partial charge in [-0.05, 0) is 25.5 Å². The Morgan fingerprint density at radius 1 is 1.32 bits per heavy atom. The summed E-state index contributed by atoms with van der Waals surface area (Å²) in [7, 11) is 3.83. The number of nitrogens with two attached hydrogens (primary N) is 1. The number of amidine groups is 1. The summed E-state index contributed by atoms with van der Waals surface area (Å²) in [5.74, 6) is 0.875. The highest BCUT2D eigenvalue weighted by molar-refractivity contribution is 6.01. The van der Waals surface area contributed by atoms with Gasteiger partial charge in [-0.25, -0.2) is 0 Å². The highest BCUT2D eigenvalue weighted by Gasteiger charge is 2.20. The summed E-state index contributed by atoms with van der Waals surface area (Å²) in [4.78, 5) is 2.02. The van der Waals surface area contributed by atoms with Crippen molar-refractivity contribution in [2.75, 3.05) is 11.9 Å². The third kappa shape index (κ3) is 2.19. The molecule has 2 aromatic rings. The van der Waals surface area contributed by atoms with Crippen molar-refractivity contribution in [2.45, 2.75) is 13.8 Å². The number of nitrogens with zero attached hydrogens (tertiary/aromatic N) is 3. The average Bonchev–Trinajstić information content (AvgIpc) is 2.64. The first-order valence-corrected chi connectivity index (χ1v) is 6.10. The molecule has 0 atom stereocenters. The van der Waals surface area contributed by atoms with Crippen molar-refractivity contribution in [1.29, 1.82) is 5.41 Å². The molecule has 19 heavy (non-hydrogen) atoms. The van der Waals surface area contributed by atoms with E-state index in [0.29, 0.717) is 5.56 Å². The van der Waals surface area contributed by atoms with E-state index in [-0.39, 0.29) is 5.84 Å². The molecule has 0 aliphatic rings. The number of aromatic nitrogens is 2. The van der Waals surface area contributed by atoms with Crippen LogP contribution >= 0.6 is 0 Å². The summed E-state index contributed by atoms with van der Waals surface area (Å²) in [6.45, 7) is 3.93. The van der Waals surface area contributed by atoms with E-state index in [0.717, 1.165) is 17.2 Å². The second kappa shape index (κ2) is 4.76. The molecule has 0 unspecified atom stereocenters. The number of aryl methyl sites for hydroxylation is 3. The number of para-hydroxylation sites is 1. The molecule has 0 fully saturated rings. The minimum atomic E-state index is 0.0426. The summed E-state index contributed by atoms with van der Waals surface area (Å²) >= 11 is 0. The van der Waals surface area contributed by atoms with Gasteiger partial charge in [0.15, 0.2) is 0 Å². The van der Waals surface area contributed by atoms with Crippen LogP contribution in [0.3, 0.4) is 0 Å². The van der Waals surface area contributed by atoms with Crippen LogP contribution in [0.1, 0.15) is 16.8 Å². The Balaban J connectivity index is 2.59. The fourth-order valence-electron chi connectivity index (χ4n) is 2.40. The lowest BCUT2D eigenvalue weighted by atomic mass is 10.1. The molecule has 1 heterocycles. The maximum absolute atomic E-state index is 7.74. The second-order valence-electron chi connectivity index (χ2n) is 4.67. The molecule has 0 amide bonds. The predicted molar refractivity (Wildman–Crippen MR) is 78.2 cm³/mol. The highest BCUT2D eigenvalue weighted by atomic mass is 15.4. The third-order valence-electron chi connectivity index (χ3n) is 3.26. The topological polar surface area (TPSA) is 70.9 Å². The van der Waals surface area contributed by atoms with Crippen molar-refractivity contribution in [3.8, 4) is 0 Å². The van der Waals surface area contributed by atoms with Crippen LogP contribution in [0.2, 0.25) is 0 Å². The van der Waals surface area contributed by atoms with Crippen LogP contribution in [0.15, 0.2) is 24.3 Å². The summed E-state index contributed by atoms with van der Waals surface area (Å²) in [5.41, 5.74) is 9.39. The molecule has 5 heteroatoms. The lowest BCUT2D eigenvalue weighted by Gasteiger charge is -2.22. The van der Waals surface area contributed by atoms with Gasteiger partial charge in [0.1, 0.15) is 11.7 Å². The zero-order valence-corrected chi connectivity index (χ0v) is 11.7. The van der Waals surface area contributed by atoms with E-state index in [4.69, 9.17) is 11.1 Å². The molecular formula is C14H19N5. The average molecular weight is 257 g/mol. The SMILES string of the molecule is Cc1ccccc1N(C)c1c(C(=N)N)c(C)nn1C. The molecule has 5 nitrogen and oxygen atoms in total. The van der Waals surface area contributed by atoms with E-state index >= 15 is 0 Å². The van der Waals surface area contributed by atoms with Gasteiger partial charge in [-0.2, -0.15) is 5.10 Å². The summed E-state index contributed by atoms with van der Waals surface area (Å²) < 4.78 is 1.76. The number of hydrogen-bond donors (Lipinski definition) is 2.